The minimum atomic E-state index is 0. The lowest BCUT2D eigenvalue weighted by molar-refractivity contribution is 0.526. The van der Waals surface area contributed by atoms with Crippen LogP contribution in [0.15, 0.2) is 0 Å². The monoisotopic (exact) mass is 333 g/mol. The number of rotatable bonds is 18. The molecule has 0 aliphatic rings. The fourth-order valence-electron chi connectivity index (χ4n) is 2.97. The zero-order valence-corrected chi connectivity index (χ0v) is 16.2. The first kappa shape index (κ1) is 27.7. The summed E-state index contributed by atoms with van der Waals surface area (Å²) in [6.45, 7) is 6.82. The standard InChI is InChI=1S/C20H43N.2H2O/c1-3-5-6-7-8-9-10-11-12-13-14-15-16-17-18-19-20-21-4-2;;/h21H,3-20H2,1-2H3;2*1H2. The smallest absolute Gasteiger partial charge is 0.00490 e. The lowest BCUT2D eigenvalue weighted by Gasteiger charge is -2.04. The Labute approximate surface area is 146 Å². The number of hydrogen-bond acceptors (Lipinski definition) is 1. The molecule has 0 saturated heterocycles. The van der Waals surface area contributed by atoms with E-state index in [0.717, 1.165) is 6.54 Å². The molecule has 144 valence electrons. The van der Waals surface area contributed by atoms with Gasteiger partial charge in [0.1, 0.15) is 0 Å². The van der Waals surface area contributed by atoms with E-state index in [9.17, 15) is 0 Å². The summed E-state index contributed by atoms with van der Waals surface area (Å²) in [5.74, 6) is 0. The molecule has 0 saturated carbocycles. The van der Waals surface area contributed by atoms with Crippen LogP contribution in [0.2, 0.25) is 0 Å². The van der Waals surface area contributed by atoms with E-state index in [0.29, 0.717) is 0 Å². The molecule has 0 unspecified atom stereocenters. The van der Waals surface area contributed by atoms with Crippen LogP contribution < -0.4 is 5.32 Å². The molecule has 0 aromatic carbocycles. The highest BCUT2D eigenvalue weighted by molar-refractivity contribution is 4.50. The molecule has 0 bridgehead atoms. The van der Waals surface area contributed by atoms with Gasteiger partial charge in [-0.2, -0.15) is 0 Å². The largest absolute Gasteiger partial charge is 0.412 e. The molecule has 0 fully saturated rings. The van der Waals surface area contributed by atoms with Crippen molar-refractivity contribution < 1.29 is 11.0 Å². The van der Waals surface area contributed by atoms with Crippen LogP contribution in [0.3, 0.4) is 0 Å². The third kappa shape index (κ3) is 27.0. The summed E-state index contributed by atoms with van der Waals surface area (Å²) in [6, 6.07) is 0. The van der Waals surface area contributed by atoms with Crippen molar-refractivity contribution in [3.63, 3.8) is 0 Å². The molecule has 0 radical (unpaired) electrons. The molecule has 0 aromatic rings. The van der Waals surface area contributed by atoms with E-state index in [1.807, 2.05) is 0 Å². The Bertz CT molecular complexity index is 159. The Morgan fingerprint density at radius 1 is 0.435 bits per heavy atom. The zero-order valence-electron chi connectivity index (χ0n) is 16.2. The molecule has 0 aliphatic heterocycles. The normalized spacial score (nSPS) is 10.2. The lowest BCUT2D eigenvalue weighted by Crippen LogP contribution is -2.13. The van der Waals surface area contributed by atoms with Gasteiger partial charge >= 0.3 is 0 Å². The molecule has 0 heterocycles. The van der Waals surface area contributed by atoms with Gasteiger partial charge in [-0.1, -0.05) is 110 Å². The van der Waals surface area contributed by atoms with Gasteiger partial charge in [0.05, 0.1) is 0 Å². The van der Waals surface area contributed by atoms with E-state index in [1.54, 1.807) is 0 Å². The lowest BCUT2D eigenvalue weighted by atomic mass is 10.0. The average Bonchev–Trinajstić information content (AvgIpc) is 2.50. The van der Waals surface area contributed by atoms with E-state index in [2.05, 4.69) is 19.2 Å². The van der Waals surface area contributed by atoms with Crippen molar-refractivity contribution in [1.82, 2.24) is 5.32 Å². The van der Waals surface area contributed by atoms with Gasteiger partial charge in [-0.3, -0.25) is 0 Å². The van der Waals surface area contributed by atoms with Crippen LogP contribution in [-0.4, -0.2) is 24.0 Å². The van der Waals surface area contributed by atoms with Gasteiger partial charge in [0.2, 0.25) is 0 Å². The van der Waals surface area contributed by atoms with Gasteiger partial charge in [0, 0.05) is 0 Å². The number of hydrogen-bond donors (Lipinski definition) is 1. The molecule has 0 amide bonds. The van der Waals surface area contributed by atoms with Crippen molar-refractivity contribution in [1.29, 1.82) is 0 Å². The van der Waals surface area contributed by atoms with Crippen LogP contribution in [0.1, 0.15) is 117 Å². The minimum Gasteiger partial charge on any atom is -0.412 e. The van der Waals surface area contributed by atoms with Crippen molar-refractivity contribution in [3.05, 3.63) is 0 Å². The van der Waals surface area contributed by atoms with E-state index >= 15 is 0 Å². The van der Waals surface area contributed by atoms with Gasteiger partial charge in [-0.05, 0) is 19.5 Å². The maximum Gasteiger partial charge on any atom is -0.00490 e. The summed E-state index contributed by atoms with van der Waals surface area (Å²) in [4.78, 5) is 0. The predicted molar refractivity (Wildman–Crippen MR) is 105 cm³/mol. The SMILES string of the molecule is CCCCCCCCCCCCCCCCCCNCC.O.O. The van der Waals surface area contributed by atoms with Crippen LogP contribution in [-0.2, 0) is 0 Å². The van der Waals surface area contributed by atoms with Crippen molar-refractivity contribution in [3.8, 4) is 0 Å². The molecular weight excluding hydrogens is 286 g/mol. The van der Waals surface area contributed by atoms with Gasteiger partial charge in [0.25, 0.3) is 0 Å². The summed E-state index contributed by atoms with van der Waals surface area (Å²) >= 11 is 0. The first-order valence-electron chi connectivity index (χ1n) is 10.1. The first-order chi connectivity index (χ1) is 10.4. The maximum absolute atomic E-state index is 3.40. The first-order valence-corrected chi connectivity index (χ1v) is 10.1. The second-order valence-corrected chi connectivity index (χ2v) is 6.66. The van der Waals surface area contributed by atoms with Crippen molar-refractivity contribution in [2.75, 3.05) is 13.1 Å². The average molecular weight is 334 g/mol. The molecule has 3 nitrogen and oxygen atoms in total. The fraction of sp³-hybridized carbons (Fsp3) is 1.00. The highest BCUT2D eigenvalue weighted by Gasteiger charge is 1.94. The van der Waals surface area contributed by atoms with E-state index in [1.165, 1.54) is 109 Å². The highest BCUT2D eigenvalue weighted by Crippen LogP contribution is 2.13. The van der Waals surface area contributed by atoms with Crippen molar-refractivity contribution in [2.24, 2.45) is 0 Å². The van der Waals surface area contributed by atoms with Crippen LogP contribution in [0.5, 0.6) is 0 Å². The van der Waals surface area contributed by atoms with Crippen LogP contribution in [0.4, 0.5) is 0 Å². The Morgan fingerprint density at radius 3 is 1.04 bits per heavy atom. The third-order valence-electron chi connectivity index (χ3n) is 4.46. The Hall–Kier alpha value is -0.120. The Balaban J connectivity index is -0.00000200. The maximum atomic E-state index is 3.40. The summed E-state index contributed by atoms with van der Waals surface area (Å²) in [7, 11) is 0. The molecule has 3 heteroatoms. The number of nitrogens with one attached hydrogen (secondary N) is 1. The highest BCUT2D eigenvalue weighted by atomic mass is 16.0. The van der Waals surface area contributed by atoms with Crippen LogP contribution in [0, 0.1) is 0 Å². The molecule has 0 spiro atoms. The Kier molecular flexibility index (Phi) is 32.2. The fourth-order valence-corrected chi connectivity index (χ4v) is 2.97. The summed E-state index contributed by atoms with van der Waals surface area (Å²) < 4.78 is 0. The molecule has 0 rings (SSSR count). The molecule has 0 aliphatic carbocycles. The summed E-state index contributed by atoms with van der Waals surface area (Å²) in [6.07, 6.45) is 23.3. The van der Waals surface area contributed by atoms with Gasteiger partial charge in [-0.25, -0.2) is 0 Å². The van der Waals surface area contributed by atoms with Crippen molar-refractivity contribution >= 4 is 0 Å². The molecule has 23 heavy (non-hydrogen) atoms. The molecule has 5 N–H and O–H groups in total. The van der Waals surface area contributed by atoms with Gasteiger partial charge in [0.15, 0.2) is 0 Å². The summed E-state index contributed by atoms with van der Waals surface area (Å²) in [5, 5.41) is 3.40. The summed E-state index contributed by atoms with van der Waals surface area (Å²) in [5.41, 5.74) is 0. The zero-order chi connectivity index (χ0) is 15.4. The molecular formula is C20H47NO2. The van der Waals surface area contributed by atoms with Crippen molar-refractivity contribution in [2.45, 2.75) is 117 Å². The van der Waals surface area contributed by atoms with E-state index < -0.39 is 0 Å². The Morgan fingerprint density at radius 2 is 0.739 bits per heavy atom. The minimum absolute atomic E-state index is 0. The predicted octanol–water partition coefficient (Wildman–Crippen LogP) is 5.21. The van der Waals surface area contributed by atoms with E-state index in [4.69, 9.17) is 0 Å². The second kappa shape index (κ2) is 26.8. The third-order valence-corrected chi connectivity index (χ3v) is 4.46. The van der Waals surface area contributed by atoms with Gasteiger partial charge in [-0.15, -0.1) is 0 Å². The van der Waals surface area contributed by atoms with Crippen LogP contribution in [0.25, 0.3) is 0 Å². The molecule has 0 atom stereocenters. The van der Waals surface area contributed by atoms with Gasteiger partial charge < -0.3 is 16.3 Å². The number of unbranched alkanes of at least 4 members (excludes halogenated alkanes) is 15. The molecule has 0 aromatic heterocycles. The van der Waals surface area contributed by atoms with E-state index in [-0.39, 0.29) is 11.0 Å². The quantitative estimate of drug-likeness (QED) is 0.343. The second-order valence-electron chi connectivity index (χ2n) is 6.66. The topological polar surface area (TPSA) is 75.0 Å². The van der Waals surface area contributed by atoms with Crippen LogP contribution >= 0.6 is 0 Å².